The molecule has 2 amide bonds. The van der Waals surface area contributed by atoms with Gasteiger partial charge in [0.1, 0.15) is 5.60 Å². The third-order valence-corrected chi connectivity index (χ3v) is 3.55. The molecule has 0 radical (unpaired) electrons. The molecule has 1 unspecified atom stereocenters. The van der Waals surface area contributed by atoms with Crippen molar-refractivity contribution in [2.24, 2.45) is 0 Å². The van der Waals surface area contributed by atoms with Crippen molar-refractivity contribution in [1.82, 2.24) is 10.6 Å². The van der Waals surface area contributed by atoms with Gasteiger partial charge < -0.3 is 20.5 Å². The number of nitrogens with one attached hydrogen (secondary N) is 2. The van der Waals surface area contributed by atoms with E-state index in [1.54, 1.807) is 6.92 Å². The summed E-state index contributed by atoms with van der Waals surface area (Å²) in [5, 5.41) is 16.0. The molecule has 1 fully saturated rings. The fourth-order valence-corrected chi connectivity index (χ4v) is 2.23. The molecule has 1 aromatic carbocycles. The van der Waals surface area contributed by atoms with Crippen molar-refractivity contribution < 1.29 is 14.6 Å². The molecule has 1 aromatic rings. The maximum atomic E-state index is 11.8. The topological polar surface area (TPSA) is 70.6 Å². The second kappa shape index (κ2) is 6.72. The van der Waals surface area contributed by atoms with Crippen molar-refractivity contribution in [3.8, 4) is 0 Å². The Hall–Kier alpha value is -1.59. The van der Waals surface area contributed by atoms with Gasteiger partial charge in [-0.3, -0.25) is 0 Å². The molecule has 0 aliphatic carbocycles. The lowest BCUT2D eigenvalue weighted by Gasteiger charge is -2.26. The molecule has 20 heavy (non-hydrogen) atoms. The summed E-state index contributed by atoms with van der Waals surface area (Å²) < 4.78 is 5.24. The van der Waals surface area contributed by atoms with Crippen LogP contribution in [-0.2, 0) is 10.3 Å². The molecule has 1 heterocycles. The summed E-state index contributed by atoms with van der Waals surface area (Å²) >= 11 is 0. The number of hydrogen-bond donors (Lipinski definition) is 3. The molecule has 1 aliphatic heterocycles. The summed E-state index contributed by atoms with van der Waals surface area (Å²) in [6.07, 6.45) is 1.67. The van der Waals surface area contributed by atoms with Gasteiger partial charge in [0.2, 0.25) is 0 Å². The van der Waals surface area contributed by atoms with Gasteiger partial charge in [-0.1, -0.05) is 30.3 Å². The number of rotatable bonds is 4. The van der Waals surface area contributed by atoms with Crippen molar-refractivity contribution in [3.05, 3.63) is 35.9 Å². The van der Waals surface area contributed by atoms with Gasteiger partial charge in [0, 0.05) is 19.3 Å². The Balaban J connectivity index is 1.80. The zero-order valence-electron chi connectivity index (χ0n) is 11.8. The molecule has 0 saturated carbocycles. The summed E-state index contributed by atoms with van der Waals surface area (Å²) in [7, 11) is 0. The summed E-state index contributed by atoms with van der Waals surface area (Å²) in [6.45, 7) is 3.24. The summed E-state index contributed by atoms with van der Waals surface area (Å²) in [5.74, 6) is 0. The van der Waals surface area contributed by atoms with Crippen LogP contribution < -0.4 is 10.6 Å². The van der Waals surface area contributed by atoms with Crippen LogP contribution in [0.4, 0.5) is 4.79 Å². The summed E-state index contributed by atoms with van der Waals surface area (Å²) in [5.41, 5.74) is -0.291. The van der Waals surface area contributed by atoms with E-state index in [0.29, 0.717) is 13.2 Å². The molecule has 0 bridgehead atoms. The van der Waals surface area contributed by atoms with E-state index in [4.69, 9.17) is 4.74 Å². The minimum absolute atomic E-state index is 0.158. The molecule has 2 rings (SSSR count). The lowest BCUT2D eigenvalue weighted by molar-refractivity contribution is 0.0579. The number of amides is 2. The van der Waals surface area contributed by atoms with Crippen LogP contribution in [0.25, 0.3) is 0 Å². The number of carbonyl (C=O) groups excluding carboxylic acids is 1. The lowest BCUT2D eigenvalue weighted by atomic mass is 9.96. The van der Waals surface area contributed by atoms with Crippen molar-refractivity contribution >= 4 is 6.03 Å². The van der Waals surface area contributed by atoms with Crippen LogP contribution in [0.15, 0.2) is 30.3 Å². The van der Waals surface area contributed by atoms with E-state index in [1.165, 1.54) is 0 Å². The fraction of sp³-hybridized carbons (Fsp3) is 0.533. The lowest BCUT2D eigenvalue weighted by Crippen LogP contribution is -2.48. The molecular formula is C15H22N2O3. The van der Waals surface area contributed by atoms with Crippen LogP contribution in [0.3, 0.4) is 0 Å². The predicted molar refractivity (Wildman–Crippen MR) is 76.4 cm³/mol. The highest BCUT2D eigenvalue weighted by Crippen LogP contribution is 2.18. The second-order valence-corrected chi connectivity index (χ2v) is 5.35. The van der Waals surface area contributed by atoms with Gasteiger partial charge in [0.25, 0.3) is 0 Å². The first-order chi connectivity index (χ1) is 9.58. The Morgan fingerprint density at radius 3 is 2.65 bits per heavy atom. The van der Waals surface area contributed by atoms with Gasteiger partial charge in [0.05, 0.1) is 6.54 Å². The van der Waals surface area contributed by atoms with Gasteiger partial charge in [-0.25, -0.2) is 4.79 Å². The average molecular weight is 278 g/mol. The summed E-state index contributed by atoms with van der Waals surface area (Å²) in [6, 6.07) is 9.23. The average Bonchev–Trinajstić information content (AvgIpc) is 2.47. The van der Waals surface area contributed by atoms with Gasteiger partial charge in [-0.05, 0) is 25.3 Å². The molecule has 1 aliphatic rings. The van der Waals surface area contributed by atoms with E-state index in [0.717, 1.165) is 18.4 Å². The van der Waals surface area contributed by atoms with Crippen LogP contribution in [-0.4, -0.2) is 36.9 Å². The van der Waals surface area contributed by atoms with Gasteiger partial charge in [-0.15, -0.1) is 0 Å². The second-order valence-electron chi connectivity index (χ2n) is 5.35. The van der Waals surface area contributed by atoms with Crippen molar-refractivity contribution in [2.45, 2.75) is 31.4 Å². The number of urea groups is 1. The molecule has 0 aromatic heterocycles. The van der Waals surface area contributed by atoms with E-state index in [9.17, 15) is 9.90 Å². The molecule has 3 N–H and O–H groups in total. The van der Waals surface area contributed by atoms with Crippen LogP contribution in [0.5, 0.6) is 0 Å². The zero-order valence-corrected chi connectivity index (χ0v) is 11.8. The summed E-state index contributed by atoms with van der Waals surface area (Å²) in [4.78, 5) is 11.8. The first-order valence-corrected chi connectivity index (χ1v) is 6.98. The Labute approximate surface area is 119 Å². The molecule has 5 heteroatoms. The van der Waals surface area contributed by atoms with Crippen LogP contribution in [0, 0.1) is 0 Å². The van der Waals surface area contributed by atoms with Crippen molar-refractivity contribution in [2.75, 3.05) is 19.8 Å². The normalized spacial score (nSPS) is 19.1. The predicted octanol–water partition coefficient (Wildman–Crippen LogP) is 1.37. The first-order valence-electron chi connectivity index (χ1n) is 6.98. The third kappa shape index (κ3) is 4.21. The fourth-order valence-electron chi connectivity index (χ4n) is 2.23. The van der Waals surface area contributed by atoms with Crippen molar-refractivity contribution in [3.63, 3.8) is 0 Å². The monoisotopic (exact) mass is 278 g/mol. The first kappa shape index (κ1) is 14.8. The van der Waals surface area contributed by atoms with E-state index < -0.39 is 5.60 Å². The maximum Gasteiger partial charge on any atom is 0.315 e. The molecule has 5 nitrogen and oxygen atoms in total. The smallest absolute Gasteiger partial charge is 0.315 e. The van der Waals surface area contributed by atoms with Gasteiger partial charge in [0.15, 0.2) is 0 Å². The Morgan fingerprint density at radius 2 is 2.00 bits per heavy atom. The Bertz CT molecular complexity index is 428. The molecule has 1 saturated heterocycles. The Kier molecular flexibility index (Phi) is 4.98. The van der Waals surface area contributed by atoms with Gasteiger partial charge >= 0.3 is 6.03 Å². The number of carbonyl (C=O) groups is 1. The SMILES string of the molecule is CC(O)(CNC(=O)NC1CCOCC1)c1ccccc1. The zero-order chi connectivity index (χ0) is 14.4. The number of hydrogen-bond acceptors (Lipinski definition) is 3. The number of ether oxygens (including phenoxy) is 1. The minimum Gasteiger partial charge on any atom is -0.384 e. The number of aliphatic hydroxyl groups is 1. The largest absolute Gasteiger partial charge is 0.384 e. The van der Waals surface area contributed by atoms with Crippen LogP contribution >= 0.6 is 0 Å². The van der Waals surface area contributed by atoms with E-state index in [-0.39, 0.29) is 18.6 Å². The molecule has 110 valence electrons. The quantitative estimate of drug-likeness (QED) is 0.779. The Morgan fingerprint density at radius 1 is 1.35 bits per heavy atom. The minimum atomic E-state index is -1.08. The van der Waals surface area contributed by atoms with Gasteiger partial charge in [-0.2, -0.15) is 0 Å². The third-order valence-electron chi connectivity index (χ3n) is 3.55. The van der Waals surface area contributed by atoms with E-state index in [2.05, 4.69) is 10.6 Å². The van der Waals surface area contributed by atoms with Crippen LogP contribution in [0.1, 0.15) is 25.3 Å². The molecule has 1 atom stereocenters. The molecular weight excluding hydrogens is 256 g/mol. The van der Waals surface area contributed by atoms with Crippen LogP contribution in [0.2, 0.25) is 0 Å². The standard InChI is InChI=1S/C15H22N2O3/c1-15(19,12-5-3-2-4-6-12)11-16-14(18)17-13-7-9-20-10-8-13/h2-6,13,19H,7-11H2,1H3,(H2,16,17,18). The highest BCUT2D eigenvalue weighted by molar-refractivity contribution is 5.74. The number of benzene rings is 1. The molecule has 0 spiro atoms. The maximum absolute atomic E-state index is 11.8. The highest BCUT2D eigenvalue weighted by Gasteiger charge is 2.24. The van der Waals surface area contributed by atoms with E-state index >= 15 is 0 Å². The van der Waals surface area contributed by atoms with Crippen molar-refractivity contribution in [1.29, 1.82) is 0 Å². The van der Waals surface area contributed by atoms with E-state index in [1.807, 2.05) is 30.3 Å². The highest BCUT2D eigenvalue weighted by atomic mass is 16.5.